The Morgan fingerprint density at radius 1 is 0.711 bits per heavy atom. The van der Waals surface area contributed by atoms with Crippen molar-refractivity contribution in [3.8, 4) is 0 Å². The van der Waals surface area contributed by atoms with E-state index in [4.69, 9.17) is 9.84 Å². The van der Waals surface area contributed by atoms with Crippen LogP contribution in [0.3, 0.4) is 0 Å². The van der Waals surface area contributed by atoms with Gasteiger partial charge in [-0.15, -0.1) is 0 Å². The minimum atomic E-state index is -1.03. The first kappa shape index (κ1) is 35.6. The number of esters is 1. The smallest absolute Gasteiger partial charge is 0.322 e. The molecule has 0 aromatic rings. The first-order chi connectivity index (χ1) is 18.5. The molecule has 1 amide bonds. The van der Waals surface area contributed by atoms with Crippen LogP contribution in [0.25, 0.3) is 0 Å². The zero-order chi connectivity index (χ0) is 28.1. The average Bonchev–Trinajstić information content (AvgIpc) is 2.89. The van der Waals surface area contributed by atoms with Crippen molar-refractivity contribution < 1.29 is 24.2 Å². The fraction of sp³-hybridized carbons (Fsp3) is 0.719. The van der Waals surface area contributed by atoms with E-state index in [1.807, 2.05) is 24.3 Å². The zero-order valence-electron chi connectivity index (χ0n) is 24.3. The number of allylic oxidation sites excluding steroid dienone is 4. The van der Waals surface area contributed by atoms with E-state index in [-0.39, 0.29) is 24.5 Å². The maximum absolute atomic E-state index is 12.4. The summed E-state index contributed by atoms with van der Waals surface area (Å²) >= 11 is 0. The van der Waals surface area contributed by atoms with Gasteiger partial charge in [-0.05, 0) is 50.7 Å². The zero-order valence-corrected chi connectivity index (χ0v) is 24.3. The van der Waals surface area contributed by atoms with E-state index in [9.17, 15) is 14.4 Å². The SMILES string of the molecule is CC/C=C\C/C=C\C(/C=C\CCCCCC(=O)NCC(=O)O)OC(=O)CCCCCCCCCCCCC. The van der Waals surface area contributed by atoms with Crippen molar-refractivity contribution in [1.29, 1.82) is 0 Å². The Labute approximate surface area is 232 Å². The first-order valence-corrected chi connectivity index (χ1v) is 15.2. The summed E-state index contributed by atoms with van der Waals surface area (Å²) in [5.74, 6) is -1.40. The highest BCUT2D eigenvalue weighted by Crippen LogP contribution is 2.13. The summed E-state index contributed by atoms with van der Waals surface area (Å²) in [6, 6.07) is 0. The molecule has 0 aliphatic heterocycles. The fourth-order valence-corrected chi connectivity index (χ4v) is 4.06. The highest BCUT2D eigenvalue weighted by atomic mass is 16.5. The molecule has 0 fully saturated rings. The summed E-state index contributed by atoms with van der Waals surface area (Å²) in [6.45, 7) is 4.02. The number of carbonyl (C=O) groups is 3. The molecule has 0 aliphatic carbocycles. The molecular formula is C32H55NO5. The summed E-state index contributed by atoms with van der Waals surface area (Å²) in [4.78, 5) is 34.4. The van der Waals surface area contributed by atoms with E-state index in [2.05, 4.69) is 31.3 Å². The number of nitrogens with one attached hydrogen (secondary N) is 1. The Morgan fingerprint density at radius 2 is 1.29 bits per heavy atom. The fourth-order valence-electron chi connectivity index (χ4n) is 4.06. The molecular weight excluding hydrogens is 478 g/mol. The molecule has 218 valence electrons. The van der Waals surface area contributed by atoms with Gasteiger partial charge in [-0.25, -0.2) is 0 Å². The number of unbranched alkanes of at least 4 members (excludes halogenated alkanes) is 13. The van der Waals surface area contributed by atoms with Crippen molar-refractivity contribution >= 4 is 17.8 Å². The van der Waals surface area contributed by atoms with E-state index < -0.39 is 5.97 Å². The molecule has 0 saturated heterocycles. The molecule has 6 nitrogen and oxygen atoms in total. The van der Waals surface area contributed by atoms with Gasteiger partial charge >= 0.3 is 11.9 Å². The molecule has 0 heterocycles. The summed E-state index contributed by atoms with van der Waals surface area (Å²) in [5, 5.41) is 11.0. The number of amides is 1. The summed E-state index contributed by atoms with van der Waals surface area (Å²) < 4.78 is 5.72. The minimum absolute atomic E-state index is 0.142. The van der Waals surface area contributed by atoms with Gasteiger partial charge in [0.15, 0.2) is 0 Å². The van der Waals surface area contributed by atoms with Crippen molar-refractivity contribution in [2.45, 2.75) is 142 Å². The maximum Gasteiger partial charge on any atom is 0.322 e. The lowest BCUT2D eigenvalue weighted by Crippen LogP contribution is -2.28. The van der Waals surface area contributed by atoms with Crippen LogP contribution in [0.4, 0.5) is 0 Å². The predicted octanol–water partition coefficient (Wildman–Crippen LogP) is 8.22. The number of aliphatic carboxylic acids is 1. The molecule has 38 heavy (non-hydrogen) atoms. The van der Waals surface area contributed by atoms with Crippen LogP contribution in [0, 0.1) is 0 Å². The molecule has 0 radical (unpaired) electrons. The molecule has 2 N–H and O–H groups in total. The lowest BCUT2D eigenvalue weighted by molar-refractivity contribution is -0.145. The van der Waals surface area contributed by atoms with E-state index in [0.717, 1.165) is 51.4 Å². The molecule has 0 spiro atoms. The van der Waals surface area contributed by atoms with E-state index >= 15 is 0 Å². The first-order valence-electron chi connectivity index (χ1n) is 15.2. The maximum atomic E-state index is 12.4. The van der Waals surface area contributed by atoms with E-state index in [1.54, 1.807) is 0 Å². The Kier molecular flexibility index (Phi) is 25.9. The van der Waals surface area contributed by atoms with Gasteiger partial charge in [0.25, 0.3) is 0 Å². The number of carboxylic acids is 1. The van der Waals surface area contributed by atoms with Gasteiger partial charge in [-0.2, -0.15) is 0 Å². The van der Waals surface area contributed by atoms with Gasteiger partial charge in [0.1, 0.15) is 12.6 Å². The molecule has 1 atom stereocenters. The second-order valence-electron chi connectivity index (χ2n) is 9.98. The van der Waals surface area contributed by atoms with Gasteiger partial charge in [-0.3, -0.25) is 14.4 Å². The van der Waals surface area contributed by atoms with Crippen molar-refractivity contribution in [2.24, 2.45) is 0 Å². The molecule has 0 rings (SSSR count). The second-order valence-corrected chi connectivity index (χ2v) is 9.98. The molecule has 0 bridgehead atoms. The highest BCUT2D eigenvalue weighted by Gasteiger charge is 2.08. The number of carboxylic acid groups (broad SMARTS) is 1. The van der Waals surface area contributed by atoms with Gasteiger partial charge in [0.2, 0.25) is 5.91 Å². The predicted molar refractivity (Wildman–Crippen MR) is 157 cm³/mol. The minimum Gasteiger partial charge on any atom is -0.480 e. The third-order valence-electron chi connectivity index (χ3n) is 6.29. The van der Waals surface area contributed by atoms with Crippen LogP contribution in [0.5, 0.6) is 0 Å². The summed E-state index contributed by atoms with van der Waals surface area (Å²) in [7, 11) is 0. The number of hydrogen-bond donors (Lipinski definition) is 2. The Balaban J connectivity index is 4.19. The van der Waals surface area contributed by atoms with Crippen LogP contribution in [-0.2, 0) is 19.1 Å². The van der Waals surface area contributed by atoms with Crippen LogP contribution in [0.15, 0.2) is 36.5 Å². The summed E-state index contributed by atoms with van der Waals surface area (Å²) in [5.41, 5.74) is 0. The molecule has 6 heteroatoms. The van der Waals surface area contributed by atoms with Crippen LogP contribution >= 0.6 is 0 Å². The number of ether oxygens (including phenoxy) is 1. The Morgan fingerprint density at radius 3 is 1.92 bits per heavy atom. The normalized spacial score (nSPS) is 12.5. The van der Waals surface area contributed by atoms with Crippen molar-refractivity contribution in [1.82, 2.24) is 5.32 Å². The number of carbonyl (C=O) groups excluding carboxylic acids is 2. The van der Waals surface area contributed by atoms with E-state index in [1.165, 1.54) is 57.8 Å². The standard InChI is InChI=1S/C32H55NO5/c1-3-5-7-9-10-11-12-13-14-19-23-27-32(37)38-29(24-20-16-8-6-4-2)25-21-17-15-18-22-26-30(34)33-28-31(35)36/h6,8,20-21,24-25,29H,3-5,7,9-19,22-23,26-28H2,1-2H3,(H,33,34)(H,35,36)/b8-6-,24-20-,25-21-. The molecule has 0 saturated carbocycles. The topological polar surface area (TPSA) is 92.7 Å². The molecule has 0 aromatic carbocycles. The highest BCUT2D eigenvalue weighted by molar-refractivity contribution is 5.80. The lowest BCUT2D eigenvalue weighted by Gasteiger charge is -2.11. The quantitative estimate of drug-likeness (QED) is 0.0664. The second kappa shape index (κ2) is 27.7. The van der Waals surface area contributed by atoms with Gasteiger partial charge in [-0.1, -0.05) is 109 Å². The van der Waals surface area contributed by atoms with Gasteiger partial charge < -0.3 is 15.2 Å². The molecule has 0 aromatic heterocycles. The third-order valence-corrected chi connectivity index (χ3v) is 6.29. The largest absolute Gasteiger partial charge is 0.480 e. The van der Waals surface area contributed by atoms with Gasteiger partial charge in [0.05, 0.1) is 0 Å². The van der Waals surface area contributed by atoms with Crippen molar-refractivity contribution in [3.63, 3.8) is 0 Å². The van der Waals surface area contributed by atoms with Crippen LogP contribution in [0.1, 0.15) is 136 Å². The monoisotopic (exact) mass is 533 g/mol. The van der Waals surface area contributed by atoms with Crippen LogP contribution < -0.4 is 5.32 Å². The molecule has 1 unspecified atom stereocenters. The number of hydrogen-bond acceptors (Lipinski definition) is 4. The van der Waals surface area contributed by atoms with Gasteiger partial charge in [0, 0.05) is 12.8 Å². The van der Waals surface area contributed by atoms with Crippen molar-refractivity contribution in [3.05, 3.63) is 36.5 Å². The number of rotatable bonds is 26. The van der Waals surface area contributed by atoms with Crippen molar-refractivity contribution in [2.75, 3.05) is 6.54 Å². The Bertz CT molecular complexity index is 683. The molecule has 0 aliphatic rings. The van der Waals surface area contributed by atoms with E-state index in [0.29, 0.717) is 12.8 Å². The Hall–Kier alpha value is -2.37. The van der Waals surface area contributed by atoms with Crippen LogP contribution in [0.2, 0.25) is 0 Å². The summed E-state index contributed by atoms with van der Waals surface area (Å²) in [6.07, 6.45) is 31.6. The van der Waals surface area contributed by atoms with Crippen LogP contribution in [-0.4, -0.2) is 35.6 Å². The third kappa shape index (κ3) is 26.7. The average molecular weight is 534 g/mol. The lowest BCUT2D eigenvalue weighted by atomic mass is 10.1.